The number of thioether (sulfide) groups is 1. The number of carbonyl (C=O) groups excluding carboxylic acids is 4. The maximum absolute atomic E-state index is 13.6. The number of oxime groups is 1. The second-order valence-corrected chi connectivity index (χ2v) is 12.4. The van der Waals surface area contributed by atoms with E-state index in [9.17, 15) is 39.0 Å². The van der Waals surface area contributed by atoms with Gasteiger partial charge >= 0.3 is 23.9 Å². The molecule has 2 aromatic heterocycles. The molecule has 1 unspecified atom stereocenters. The number of thiazole rings is 1. The molecule has 254 valence electrons. The van der Waals surface area contributed by atoms with Gasteiger partial charge in [-0.05, 0) is 12.1 Å². The van der Waals surface area contributed by atoms with Crippen LogP contribution < -0.4 is 25.1 Å². The first-order valence-electron chi connectivity index (χ1n) is 14.2. The van der Waals surface area contributed by atoms with E-state index in [1.165, 1.54) is 29.3 Å². The zero-order valence-electron chi connectivity index (χ0n) is 25.6. The van der Waals surface area contributed by atoms with Crippen molar-refractivity contribution < 1.29 is 57.9 Å². The lowest BCUT2D eigenvalue weighted by Crippen LogP contribution is -2.71. The molecule has 1 fully saturated rings. The minimum Gasteiger partial charge on any atom is -0.478 e. The van der Waals surface area contributed by atoms with Gasteiger partial charge in [0.2, 0.25) is 6.10 Å². The molecule has 2 aliphatic heterocycles. The summed E-state index contributed by atoms with van der Waals surface area (Å²) < 4.78 is 11.8. The van der Waals surface area contributed by atoms with Gasteiger partial charge in [0.25, 0.3) is 11.8 Å². The summed E-state index contributed by atoms with van der Waals surface area (Å²) in [7, 11) is 0. The molecular formula is C30H27N6O11S2+. The molecule has 49 heavy (non-hydrogen) atoms. The molecule has 3 atom stereocenters. The molecule has 2 amide bonds. The van der Waals surface area contributed by atoms with Crippen LogP contribution in [0.1, 0.15) is 31.2 Å². The highest BCUT2D eigenvalue weighted by atomic mass is 32.2. The van der Waals surface area contributed by atoms with Crippen molar-refractivity contribution in [3.8, 4) is 11.5 Å². The molecule has 0 aliphatic carbocycles. The van der Waals surface area contributed by atoms with Crippen LogP contribution in [0.2, 0.25) is 0 Å². The number of benzene rings is 1. The van der Waals surface area contributed by atoms with Gasteiger partial charge in [0.1, 0.15) is 22.8 Å². The van der Waals surface area contributed by atoms with Gasteiger partial charge in [0.05, 0.1) is 0 Å². The van der Waals surface area contributed by atoms with Crippen LogP contribution in [0.25, 0.3) is 0 Å². The van der Waals surface area contributed by atoms with E-state index < -0.39 is 58.9 Å². The van der Waals surface area contributed by atoms with Crippen molar-refractivity contribution in [2.24, 2.45) is 5.16 Å². The van der Waals surface area contributed by atoms with Gasteiger partial charge in [-0.3, -0.25) is 24.1 Å². The number of carbonyl (C=O) groups is 6. The molecular weight excluding hydrogens is 684 g/mol. The Hall–Kier alpha value is -5.82. The van der Waals surface area contributed by atoms with E-state index in [0.717, 1.165) is 36.2 Å². The van der Waals surface area contributed by atoms with Crippen molar-refractivity contribution in [1.82, 2.24) is 15.2 Å². The number of pyridine rings is 1. The Bertz CT molecular complexity index is 1910. The standard InChI is InChI=1S/C30H26N6O11S2/c1-14(37)45-19-7-6-16(10-20(19)46-15(2)38)24(29(43)44)47-34-21(18-13-49-30(31)32-18)25(39)33-22-26(40)36-23(28(41)42)17(12-48-27(22)36)11-35-8-4-3-5-9-35/h3-10,13,22,24,27H,11-12H2,1-2H3,(H4-,31,32,33,39,41,42,43,44)/p+1/t22-,24?,27-/m1/s1. The number of nitrogens with two attached hydrogens (primary N) is 1. The quantitative estimate of drug-likeness (QED) is 0.0509. The monoisotopic (exact) mass is 711 g/mol. The van der Waals surface area contributed by atoms with Gasteiger partial charge < -0.3 is 35.6 Å². The molecule has 0 radical (unpaired) electrons. The zero-order valence-corrected chi connectivity index (χ0v) is 27.2. The lowest BCUT2D eigenvalue weighted by molar-refractivity contribution is -0.689. The highest BCUT2D eigenvalue weighted by molar-refractivity contribution is 8.00. The summed E-state index contributed by atoms with van der Waals surface area (Å²) in [5.41, 5.74) is 5.36. The Morgan fingerprint density at radius 3 is 2.41 bits per heavy atom. The number of hydrogen-bond acceptors (Lipinski definition) is 14. The summed E-state index contributed by atoms with van der Waals surface area (Å²) >= 11 is 2.22. The first-order chi connectivity index (χ1) is 23.3. The van der Waals surface area contributed by atoms with Crippen LogP contribution in [0.3, 0.4) is 0 Å². The van der Waals surface area contributed by atoms with Gasteiger partial charge in [-0.15, -0.1) is 23.1 Å². The molecule has 1 aromatic carbocycles. The van der Waals surface area contributed by atoms with Crippen molar-refractivity contribution >= 4 is 69.6 Å². The average Bonchev–Trinajstić information content (AvgIpc) is 3.47. The van der Waals surface area contributed by atoms with E-state index in [-0.39, 0.29) is 45.9 Å². The number of amides is 2. The summed E-state index contributed by atoms with van der Waals surface area (Å²) in [4.78, 5) is 85.0. The van der Waals surface area contributed by atoms with Gasteiger partial charge in [-0.25, -0.2) is 19.1 Å². The number of ether oxygens (including phenoxy) is 2. The maximum atomic E-state index is 13.6. The molecule has 2 aliphatic rings. The van der Waals surface area contributed by atoms with Crippen molar-refractivity contribution in [3.63, 3.8) is 0 Å². The maximum Gasteiger partial charge on any atom is 0.352 e. The number of nitrogens with zero attached hydrogens (tertiary/aromatic N) is 4. The van der Waals surface area contributed by atoms with Crippen LogP contribution in [0, 0.1) is 0 Å². The Balaban J connectivity index is 1.39. The fourth-order valence-corrected chi connectivity index (χ4v) is 6.77. The minimum atomic E-state index is -1.88. The number of carboxylic acid groups (broad SMARTS) is 2. The van der Waals surface area contributed by atoms with E-state index in [2.05, 4.69) is 15.5 Å². The summed E-state index contributed by atoms with van der Waals surface area (Å²) in [6, 6.07) is 7.74. The number of nitrogens with one attached hydrogen (secondary N) is 1. The fourth-order valence-electron chi connectivity index (χ4n) is 4.89. The third-order valence-electron chi connectivity index (χ3n) is 6.92. The second-order valence-electron chi connectivity index (χ2n) is 10.4. The number of esters is 2. The molecule has 3 aromatic rings. The summed E-state index contributed by atoms with van der Waals surface area (Å²) in [5, 5.41) is 26.9. The van der Waals surface area contributed by atoms with Crippen LogP contribution in [0.4, 0.5) is 5.13 Å². The number of carboxylic acids is 2. The second kappa shape index (κ2) is 14.5. The predicted molar refractivity (Wildman–Crippen MR) is 170 cm³/mol. The van der Waals surface area contributed by atoms with Crippen LogP contribution >= 0.6 is 23.1 Å². The molecule has 19 heteroatoms. The van der Waals surface area contributed by atoms with E-state index >= 15 is 0 Å². The van der Waals surface area contributed by atoms with Crippen molar-refractivity contribution in [2.45, 2.75) is 37.9 Å². The highest BCUT2D eigenvalue weighted by Gasteiger charge is 2.55. The van der Waals surface area contributed by atoms with Crippen molar-refractivity contribution in [3.05, 3.63) is 76.7 Å². The largest absolute Gasteiger partial charge is 0.478 e. The van der Waals surface area contributed by atoms with Gasteiger partial charge in [0, 0.05) is 48.2 Å². The Morgan fingerprint density at radius 1 is 1.10 bits per heavy atom. The Kier molecular flexibility index (Phi) is 10.2. The predicted octanol–water partition coefficient (Wildman–Crippen LogP) is 0.849. The number of anilines is 1. The normalized spacial score (nSPS) is 17.7. The van der Waals surface area contributed by atoms with Gasteiger partial charge in [-0.2, -0.15) is 0 Å². The number of aliphatic carboxylic acids is 2. The minimum absolute atomic E-state index is 0.0474. The lowest BCUT2D eigenvalue weighted by Gasteiger charge is -2.49. The van der Waals surface area contributed by atoms with Crippen molar-refractivity contribution in [2.75, 3.05) is 11.5 Å². The van der Waals surface area contributed by atoms with E-state index in [0.29, 0.717) is 5.57 Å². The average molecular weight is 712 g/mol. The molecule has 4 heterocycles. The number of fused-ring (bicyclic) bond motifs is 1. The zero-order chi connectivity index (χ0) is 35.4. The topological polar surface area (TPSA) is 241 Å². The Morgan fingerprint density at radius 2 is 1.80 bits per heavy atom. The van der Waals surface area contributed by atoms with Crippen LogP contribution in [-0.2, 0) is 40.1 Å². The molecule has 0 spiro atoms. The molecule has 1 saturated heterocycles. The van der Waals surface area contributed by atoms with Crippen LogP contribution in [0.5, 0.6) is 11.5 Å². The third-order valence-corrected chi connectivity index (χ3v) is 8.93. The lowest BCUT2D eigenvalue weighted by atomic mass is 10.0. The number of nitrogen functional groups attached to an aromatic ring is 1. The van der Waals surface area contributed by atoms with E-state index in [4.69, 9.17) is 20.0 Å². The van der Waals surface area contributed by atoms with Crippen LogP contribution in [-0.4, -0.2) is 78.7 Å². The number of hydrogen-bond donors (Lipinski definition) is 4. The molecule has 0 saturated carbocycles. The summed E-state index contributed by atoms with van der Waals surface area (Å²) in [6.45, 7) is 2.44. The SMILES string of the molecule is CC(=O)Oc1ccc(C(ON=C(C(=O)N[C@@H]2C(=O)N3C(C(=O)O)=C(C[n+]4ccccc4)CS[C@H]23)c2csc(N)n2)C(=O)O)cc1OC(C)=O. The van der Waals surface area contributed by atoms with Crippen LogP contribution in [0.15, 0.2) is 70.6 Å². The number of rotatable bonds is 12. The molecule has 5 rings (SSSR count). The number of aromatic nitrogens is 2. The highest BCUT2D eigenvalue weighted by Crippen LogP contribution is 2.40. The van der Waals surface area contributed by atoms with Gasteiger partial charge in [-0.1, -0.05) is 17.3 Å². The van der Waals surface area contributed by atoms with Gasteiger partial charge in [0.15, 0.2) is 41.3 Å². The van der Waals surface area contributed by atoms with Crippen molar-refractivity contribution in [1.29, 1.82) is 0 Å². The molecule has 0 bridgehead atoms. The van der Waals surface area contributed by atoms with E-state index in [1.807, 2.05) is 6.07 Å². The molecule has 17 nitrogen and oxygen atoms in total. The third kappa shape index (κ3) is 7.68. The summed E-state index contributed by atoms with van der Waals surface area (Å²) in [5.74, 6) is -6.19. The van der Waals surface area contributed by atoms with E-state index in [1.54, 1.807) is 29.1 Å². The Labute approximate surface area is 284 Å². The number of β-lactam (4-membered cyclic amide) rings is 1. The fraction of sp³-hybridized carbons (Fsp3) is 0.233. The first kappa shape index (κ1) is 34.5. The first-order valence-corrected chi connectivity index (χ1v) is 16.1. The molecule has 5 N–H and O–H groups in total. The summed E-state index contributed by atoms with van der Waals surface area (Å²) in [6.07, 6.45) is 1.66. The smallest absolute Gasteiger partial charge is 0.352 e.